The average molecular weight is 247 g/mol. The lowest BCUT2D eigenvalue weighted by Gasteiger charge is -2.27. The Hall–Kier alpha value is -2.04. The topological polar surface area (TPSA) is 87.7 Å². The van der Waals surface area contributed by atoms with E-state index in [0.717, 1.165) is 24.8 Å². The van der Waals surface area contributed by atoms with Crippen LogP contribution in [0.25, 0.3) is 0 Å². The molecule has 1 unspecified atom stereocenters. The van der Waals surface area contributed by atoms with Crippen molar-refractivity contribution < 1.29 is 10.0 Å². The highest BCUT2D eigenvalue weighted by atomic mass is 16.4. The molecule has 0 heterocycles. The zero-order chi connectivity index (χ0) is 13.0. The van der Waals surface area contributed by atoms with E-state index >= 15 is 0 Å². The van der Waals surface area contributed by atoms with Crippen LogP contribution in [0.1, 0.15) is 30.9 Å². The third-order valence-electron chi connectivity index (χ3n) is 3.31. The van der Waals surface area contributed by atoms with E-state index in [1.165, 1.54) is 0 Å². The van der Waals surface area contributed by atoms with Gasteiger partial charge in [0.15, 0.2) is 5.84 Å². The molecule has 0 aromatic heterocycles. The fourth-order valence-electron chi connectivity index (χ4n) is 1.96. The van der Waals surface area contributed by atoms with E-state index in [4.69, 9.17) is 10.9 Å². The summed E-state index contributed by atoms with van der Waals surface area (Å²) >= 11 is 0. The first-order chi connectivity index (χ1) is 8.72. The number of carbonyl (C=O) groups excluding carboxylic acids is 1. The predicted molar refractivity (Wildman–Crippen MR) is 68.1 cm³/mol. The van der Waals surface area contributed by atoms with Crippen molar-refractivity contribution in [3.8, 4) is 0 Å². The summed E-state index contributed by atoms with van der Waals surface area (Å²) < 4.78 is 0. The molecular weight excluding hydrogens is 230 g/mol. The molecule has 5 heteroatoms. The SMILES string of the molecule is N/C(=N\O)C(NC(=O)C1CCC1)c1ccccc1. The minimum absolute atomic E-state index is 0.00567. The first-order valence-electron chi connectivity index (χ1n) is 6.05. The molecular formula is C13H17N3O2. The third kappa shape index (κ3) is 2.61. The molecule has 96 valence electrons. The first kappa shape index (κ1) is 12.4. The summed E-state index contributed by atoms with van der Waals surface area (Å²) in [6, 6.07) is 8.68. The van der Waals surface area contributed by atoms with Gasteiger partial charge in [-0.05, 0) is 18.4 Å². The lowest BCUT2D eigenvalue weighted by molar-refractivity contribution is -0.127. The van der Waals surface area contributed by atoms with Crippen LogP contribution in [0.15, 0.2) is 35.5 Å². The van der Waals surface area contributed by atoms with Crippen LogP contribution in [0.3, 0.4) is 0 Å². The van der Waals surface area contributed by atoms with Crippen molar-refractivity contribution >= 4 is 11.7 Å². The van der Waals surface area contributed by atoms with Gasteiger partial charge >= 0.3 is 0 Å². The monoisotopic (exact) mass is 247 g/mol. The van der Waals surface area contributed by atoms with Gasteiger partial charge in [0, 0.05) is 5.92 Å². The molecule has 0 saturated heterocycles. The third-order valence-corrected chi connectivity index (χ3v) is 3.31. The second-order valence-electron chi connectivity index (χ2n) is 4.50. The number of hydrogen-bond acceptors (Lipinski definition) is 3. The van der Waals surface area contributed by atoms with Crippen molar-refractivity contribution in [3.63, 3.8) is 0 Å². The van der Waals surface area contributed by atoms with Gasteiger partial charge in [-0.25, -0.2) is 0 Å². The molecule has 1 aromatic carbocycles. The molecule has 1 aromatic rings. The number of oxime groups is 1. The fraction of sp³-hybridized carbons (Fsp3) is 0.385. The second kappa shape index (κ2) is 5.53. The van der Waals surface area contributed by atoms with Gasteiger partial charge in [0.2, 0.25) is 5.91 Å². The Balaban J connectivity index is 2.13. The molecule has 1 saturated carbocycles. The van der Waals surface area contributed by atoms with E-state index < -0.39 is 6.04 Å². The molecule has 1 aliphatic rings. The molecule has 1 amide bonds. The zero-order valence-corrected chi connectivity index (χ0v) is 10.0. The molecule has 1 aliphatic carbocycles. The number of amidine groups is 1. The van der Waals surface area contributed by atoms with Gasteiger partial charge in [-0.15, -0.1) is 0 Å². The molecule has 1 atom stereocenters. The zero-order valence-electron chi connectivity index (χ0n) is 10.0. The van der Waals surface area contributed by atoms with Crippen LogP contribution in [0.5, 0.6) is 0 Å². The van der Waals surface area contributed by atoms with Gasteiger partial charge in [0.1, 0.15) is 6.04 Å². The minimum atomic E-state index is -0.565. The Morgan fingerprint density at radius 1 is 1.39 bits per heavy atom. The van der Waals surface area contributed by atoms with Gasteiger partial charge < -0.3 is 16.3 Å². The smallest absolute Gasteiger partial charge is 0.223 e. The number of nitrogens with zero attached hydrogens (tertiary/aromatic N) is 1. The maximum Gasteiger partial charge on any atom is 0.223 e. The molecule has 2 rings (SSSR count). The van der Waals surface area contributed by atoms with E-state index in [2.05, 4.69) is 10.5 Å². The first-order valence-corrected chi connectivity index (χ1v) is 6.05. The maximum absolute atomic E-state index is 11.9. The largest absolute Gasteiger partial charge is 0.409 e. The number of amides is 1. The molecule has 4 N–H and O–H groups in total. The molecule has 1 fully saturated rings. The van der Waals surface area contributed by atoms with Gasteiger partial charge in [0.05, 0.1) is 0 Å². The summed E-state index contributed by atoms with van der Waals surface area (Å²) in [5.74, 6) is 0.0401. The van der Waals surface area contributed by atoms with E-state index in [1.54, 1.807) is 0 Å². The van der Waals surface area contributed by atoms with Gasteiger partial charge in [-0.2, -0.15) is 0 Å². The second-order valence-corrected chi connectivity index (χ2v) is 4.50. The van der Waals surface area contributed by atoms with E-state index in [9.17, 15) is 4.79 Å². The van der Waals surface area contributed by atoms with Crippen molar-refractivity contribution in [1.82, 2.24) is 5.32 Å². The number of nitrogens with two attached hydrogens (primary N) is 1. The summed E-state index contributed by atoms with van der Waals surface area (Å²) in [5.41, 5.74) is 6.45. The Morgan fingerprint density at radius 3 is 2.56 bits per heavy atom. The van der Waals surface area contributed by atoms with Crippen LogP contribution >= 0.6 is 0 Å². The van der Waals surface area contributed by atoms with Crippen molar-refractivity contribution in [2.24, 2.45) is 16.8 Å². The summed E-state index contributed by atoms with van der Waals surface area (Å²) in [7, 11) is 0. The Labute approximate surface area is 106 Å². The predicted octanol–water partition coefficient (Wildman–Crippen LogP) is 1.39. The Morgan fingerprint density at radius 2 is 2.06 bits per heavy atom. The van der Waals surface area contributed by atoms with Crippen LogP contribution in [-0.2, 0) is 4.79 Å². The number of benzene rings is 1. The molecule has 0 bridgehead atoms. The highest BCUT2D eigenvalue weighted by Crippen LogP contribution is 2.27. The van der Waals surface area contributed by atoms with Crippen molar-refractivity contribution in [1.29, 1.82) is 0 Å². The van der Waals surface area contributed by atoms with Crippen LogP contribution in [0, 0.1) is 5.92 Å². The summed E-state index contributed by atoms with van der Waals surface area (Å²) in [6.45, 7) is 0. The van der Waals surface area contributed by atoms with Gasteiger partial charge in [0.25, 0.3) is 0 Å². The van der Waals surface area contributed by atoms with E-state index in [0.29, 0.717) is 0 Å². The Bertz CT molecular complexity index is 441. The number of rotatable bonds is 4. The quantitative estimate of drug-likeness (QED) is 0.325. The van der Waals surface area contributed by atoms with Gasteiger partial charge in [-0.3, -0.25) is 4.79 Å². The summed E-state index contributed by atoms with van der Waals surface area (Å²) in [5, 5.41) is 14.6. The van der Waals surface area contributed by atoms with E-state index in [-0.39, 0.29) is 17.7 Å². The van der Waals surface area contributed by atoms with Crippen LogP contribution in [0.2, 0.25) is 0 Å². The maximum atomic E-state index is 11.9. The van der Waals surface area contributed by atoms with Crippen LogP contribution in [-0.4, -0.2) is 17.0 Å². The Kier molecular flexibility index (Phi) is 3.82. The van der Waals surface area contributed by atoms with Gasteiger partial charge in [-0.1, -0.05) is 41.9 Å². The van der Waals surface area contributed by atoms with Crippen molar-refractivity contribution in [2.45, 2.75) is 25.3 Å². The summed E-state index contributed by atoms with van der Waals surface area (Å²) in [6.07, 6.45) is 2.94. The highest BCUT2D eigenvalue weighted by Gasteiger charge is 2.28. The normalized spacial score (nSPS) is 17.9. The van der Waals surface area contributed by atoms with Crippen LogP contribution < -0.4 is 11.1 Å². The average Bonchev–Trinajstić information content (AvgIpc) is 2.34. The van der Waals surface area contributed by atoms with Crippen LogP contribution in [0.4, 0.5) is 0 Å². The fourth-order valence-corrected chi connectivity index (χ4v) is 1.96. The lowest BCUT2D eigenvalue weighted by Crippen LogP contribution is -2.42. The molecule has 18 heavy (non-hydrogen) atoms. The number of nitrogens with one attached hydrogen (secondary N) is 1. The number of carbonyl (C=O) groups is 1. The minimum Gasteiger partial charge on any atom is -0.409 e. The molecule has 0 radical (unpaired) electrons. The van der Waals surface area contributed by atoms with Crippen molar-refractivity contribution in [2.75, 3.05) is 0 Å². The molecule has 0 spiro atoms. The van der Waals surface area contributed by atoms with E-state index in [1.807, 2.05) is 30.3 Å². The number of hydrogen-bond donors (Lipinski definition) is 3. The highest BCUT2D eigenvalue weighted by molar-refractivity contribution is 5.91. The van der Waals surface area contributed by atoms with Crippen molar-refractivity contribution in [3.05, 3.63) is 35.9 Å². The molecule has 0 aliphatic heterocycles. The summed E-state index contributed by atoms with van der Waals surface area (Å²) in [4.78, 5) is 11.9. The lowest BCUT2D eigenvalue weighted by atomic mass is 9.84. The molecule has 5 nitrogen and oxygen atoms in total. The standard InChI is InChI=1S/C13H17N3O2/c14-12(16-18)11(9-5-2-1-3-6-9)15-13(17)10-7-4-8-10/h1-3,5-6,10-11,18H,4,7-8H2,(H2,14,16)(H,15,17).